The number of ether oxygens (including phenoxy) is 2. The molecular formula is C15H19FO4. The van der Waals surface area contributed by atoms with Crippen LogP contribution in [0.5, 0.6) is 5.75 Å². The summed E-state index contributed by atoms with van der Waals surface area (Å²) >= 11 is 0. The van der Waals surface area contributed by atoms with Crippen LogP contribution in [0.4, 0.5) is 4.39 Å². The van der Waals surface area contributed by atoms with Crippen molar-refractivity contribution in [2.24, 2.45) is 0 Å². The van der Waals surface area contributed by atoms with Crippen LogP contribution >= 0.6 is 0 Å². The third-order valence-electron chi connectivity index (χ3n) is 3.04. The highest BCUT2D eigenvalue weighted by atomic mass is 19.1. The van der Waals surface area contributed by atoms with Gasteiger partial charge in [0, 0.05) is 6.42 Å². The second-order valence-corrected chi connectivity index (χ2v) is 5.05. The first-order chi connectivity index (χ1) is 9.31. The molecular weight excluding hydrogens is 263 g/mol. The molecule has 0 saturated carbocycles. The number of benzene rings is 1. The number of rotatable bonds is 6. The van der Waals surface area contributed by atoms with E-state index in [4.69, 9.17) is 4.74 Å². The summed E-state index contributed by atoms with van der Waals surface area (Å²) in [7, 11) is 1.37. The predicted octanol–water partition coefficient (Wildman–Crippen LogP) is 2.63. The molecule has 1 aromatic carbocycles. The third kappa shape index (κ3) is 3.79. The third-order valence-corrected chi connectivity index (χ3v) is 3.04. The number of Topliss-reactive ketones (excluding diaryl/α,β-unsaturated/α-hetero) is 1. The number of halogens is 1. The van der Waals surface area contributed by atoms with Crippen molar-refractivity contribution in [2.45, 2.75) is 32.6 Å². The van der Waals surface area contributed by atoms with E-state index in [1.807, 2.05) is 0 Å². The normalized spacial score (nSPS) is 11.1. The summed E-state index contributed by atoms with van der Waals surface area (Å²) in [6, 6.07) is 4.40. The summed E-state index contributed by atoms with van der Waals surface area (Å²) in [5.74, 6) is -1.79. The molecule has 20 heavy (non-hydrogen) atoms. The van der Waals surface area contributed by atoms with Crippen LogP contribution in [-0.4, -0.2) is 25.5 Å². The van der Waals surface area contributed by atoms with E-state index in [1.165, 1.54) is 19.2 Å². The second-order valence-electron chi connectivity index (χ2n) is 5.05. The van der Waals surface area contributed by atoms with Crippen molar-refractivity contribution >= 4 is 11.8 Å². The van der Waals surface area contributed by atoms with Crippen LogP contribution in [0.15, 0.2) is 18.2 Å². The van der Waals surface area contributed by atoms with Gasteiger partial charge in [-0.1, -0.05) is 19.9 Å². The highest BCUT2D eigenvalue weighted by molar-refractivity contribution is 6.33. The summed E-state index contributed by atoms with van der Waals surface area (Å²) < 4.78 is 23.0. The van der Waals surface area contributed by atoms with E-state index >= 15 is 0 Å². The van der Waals surface area contributed by atoms with Crippen molar-refractivity contribution < 1.29 is 23.5 Å². The van der Waals surface area contributed by atoms with E-state index < -0.39 is 23.0 Å². The Labute approximate surface area is 117 Å². The fraction of sp³-hybridized carbons (Fsp3) is 0.467. The summed E-state index contributed by atoms with van der Waals surface area (Å²) in [6.45, 7) is 5.41. The SMILES string of the molecule is CCOC(=O)C(=O)CC(C)(C)c1ccc(F)c(OC)c1. The minimum absolute atomic E-state index is 0.0133. The number of hydrogen-bond acceptors (Lipinski definition) is 4. The first-order valence-corrected chi connectivity index (χ1v) is 6.35. The number of hydrogen-bond donors (Lipinski definition) is 0. The molecule has 0 heterocycles. The number of carbonyl (C=O) groups is 2. The zero-order valence-electron chi connectivity index (χ0n) is 12.2. The largest absolute Gasteiger partial charge is 0.494 e. The molecule has 4 nitrogen and oxygen atoms in total. The summed E-state index contributed by atoms with van der Waals surface area (Å²) in [5.41, 5.74) is 0.0959. The van der Waals surface area contributed by atoms with E-state index in [2.05, 4.69) is 4.74 Å². The maximum atomic E-state index is 13.4. The fourth-order valence-corrected chi connectivity index (χ4v) is 1.87. The number of carbonyl (C=O) groups excluding carboxylic acids is 2. The van der Waals surface area contributed by atoms with Gasteiger partial charge in [-0.15, -0.1) is 0 Å². The van der Waals surface area contributed by atoms with Gasteiger partial charge in [0.2, 0.25) is 5.78 Å². The average molecular weight is 282 g/mol. The van der Waals surface area contributed by atoms with E-state index in [-0.39, 0.29) is 18.8 Å². The molecule has 0 fully saturated rings. The van der Waals surface area contributed by atoms with Crippen LogP contribution in [0.2, 0.25) is 0 Å². The van der Waals surface area contributed by atoms with Crippen LogP contribution in [0.25, 0.3) is 0 Å². The van der Waals surface area contributed by atoms with Gasteiger partial charge in [0.1, 0.15) is 0 Å². The lowest BCUT2D eigenvalue weighted by atomic mass is 9.80. The Kier molecular flexibility index (Phi) is 5.25. The number of methoxy groups -OCH3 is 1. The van der Waals surface area contributed by atoms with Gasteiger partial charge in [0.15, 0.2) is 11.6 Å². The van der Waals surface area contributed by atoms with Crippen LogP contribution < -0.4 is 4.74 Å². The van der Waals surface area contributed by atoms with E-state index in [0.717, 1.165) is 0 Å². The lowest BCUT2D eigenvalue weighted by Crippen LogP contribution is -2.27. The lowest BCUT2D eigenvalue weighted by Gasteiger charge is -2.24. The maximum absolute atomic E-state index is 13.4. The summed E-state index contributed by atoms with van der Waals surface area (Å²) in [5, 5.41) is 0. The average Bonchev–Trinajstić information content (AvgIpc) is 2.38. The summed E-state index contributed by atoms with van der Waals surface area (Å²) in [4.78, 5) is 23.1. The van der Waals surface area contributed by atoms with Crippen LogP contribution in [0.3, 0.4) is 0 Å². The highest BCUT2D eigenvalue weighted by Crippen LogP contribution is 2.31. The Morgan fingerprint density at radius 2 is 1.95 bits per heavy atom. The molecule has 5 heteroatoms. The molecule has 0 unspecified atom stereocenters. The minimum atomic E-state index is -0.838. The van der Waals surface area contributed by atoms with Crippen molar-refractivity contribution in [1.82, 2.24) is 0 Å². The minimum Gasteiger partial charge on any atom is -0.494 e. The molecule has 0 aliphatic rings. The molecule has 0 radical (unpaired) electrons. The van der Waals surface area contributed by atoms with Gasteiger partial charge in [0.25, 0.3) is 0 Å². The molecule has 0 amide bonds. The van der Waals surface area contributed by atoms with Crippen molar-refractivity contribution in [3.63, 3.8) is 0 Å². The Morgan fingerprint density at radius 3 is 2.50 bits per heavy atom. The van der Waals surface area contributed by atoms with Crippen molar-refractivity contribution in [2.75, 3.05) is 13.7 Å². The molecule has 0 spiro atoms. The first kappa shape index (κ1) is 16.1. The van der Waals surface area contributed by atoms with Gasteiger partial charge in [-0.25, -0.2) is 9.18 Å². The standard InChI is InChI=1S/C15H19FO4/c1-5-20-14(18)12(17)9-15(2,3)10-6-7-11(16)13(8-10)19-4/h6-8H,5,9H2,1-4H3. The zero-order valence-corrected chi connectivity index (χ0v) is 12.2. The first-order valence-electron chi connectivity index (χ1n) is 6.35. The Hall–Kier alpha value is -1.91. The molecule has 0 aliphatic carbocycles. The Bertz CT molecular complexity index is 509. The molecule has 1 rings (SSSR count). The second kappa shape index (κ2) is 6.50. The van der Waals surface area contributed by atoms with Crippen LogP contribution in [-0.2, 0) is 19.7 Å². The smallest absolute Gasteiger partial charge is 0.374 e. The van der Waals surface area contributed by atoms with Gasteiger partial charge >= 0.3 is 5.97 Å². The summed E-state index contributed by atoms with van der Waals surface area (Å²) in [6.07, 6.45) is -0.0133. The van der Waals surface area contributed by atoms with Gasteiger partial charge in [-0.3, -0.25) is 4.79 Å². The predicted molar refractivity (Wildman–Crippen MR) is 72.2 cm³/mol. The van der Waals surface area contributed by atoms with Gasteiger partial charge < -0.3 is 9.47 Å². The Morgan fingerprint density at radius 1 is 1.30 bits per heavy atom. The maximum Gasteiger partial charge on any atom is 0.374 e. The van der Waals surface area contributed by atoms with Gasteiger partial charge in [0.05, 0.1) is 13.7 Å². The van der Waals surface area contributed by atoms with E-state index in [1.54, 1.807) is 26.8 Å². The van der Waals surface area contributed by atoms with E-state index in [0.29, 0.717) is 5.56 Å². The molecule has 0 N–H and O–H groups in total. The number of esters is 1. The topological polar surface area (TPSA) is 52.6 Å². The molecule has 0 saturated heterocycles. The molecule has 0 aromatic heterocycles. The van der Waals surface area contributed by atoms with Crippen molar-refractivity contribution in [3.8, 4) is 5.75 Å². The fourth-order valence-electron chi connectivity index (χ4n) is 1.87. The quantitative estimate of drug-likeness (QED) is 0.594. The molecule has 0 bridgehead atoms. The zero-order chi connectivity index (χ0) is 15.3. The van der Waals surface area contributed by atoms with Crippen LogP contribution in [0.1, 0.15) is 32.8 Å². The van der Waals surface area contributed by atoms with Crippen molar-refractivity contribution in [1.29, 1.82) is 0 Å². The highest BCUT2D eigenvalue weighted by Gasteiger charge is 2.29. The molecule has 1 aromatic rings. The van der Waals surface area contributed by atoms with Gasteiger partial charge in [-0.2, -0.15) is 0 Å². The lowest BCUT2D eigenvalue weighted by molar-refractivity contribution is -0.154. The van der Waals surface area contributed by atoms with Crippen molar-refractivity contribution in [3.05, 3.63) is 29.6 Å². The molecule has 0 atom stereocenters. The van der Waals surface area contributed by atoms with E-state index in [9.17, 15) is 14.0 Å². The number of ketones is 1. The monoisotopic (exact) mass is 282 g/mol. The molecule has 0 aliphatic heterocycles. The van der Waals surface area contributed by atoms with Crippen LogP contribution in [0, 0.1) is 5.82 Å². The molecule has 110 valence electrons. The Balaban J connectivity index is 2.93. The van der Waals surface area contributed by atoms with Gasteiger partial charge in [-0.05, 0) is 30.0 Å².